The predicted octanol–water partition coefficient (Wildman–Crippen LogP) is 2.11. The lowest BCUT2D eigenvalue weighted by Crippen LogP contribution is -2.46. The summed E-state index contributed by atoms with van der Waals surface area (Å²) in [5.74, 6) is 0.750. The van der Waals surface area contributed by atoms with Crippen LogP contribution in [0, 0.1) is 0 Å². The fourth-order valence-electron chi connectivity index (χ4n) is 2.93. The third kappa shape index (κ3) is 3.48. The number of aromatic nitrogens is 3. The SMILES string of the molecule is CCNc1scnc1C(=O)N(C)C1CCN(c2ncccn2)CC1. The van der Waals surface area contributed by atoms with Crippen molar-refractivity contribution in [3.05, 3.63) is 29.7 Å². The molecule has 0 atom stereocenters. The van der Waals surface area contributed by atoms with E-state index in [1.165, 1.54) is 11.3 Å². The van der Waals surface area contributed by atoms with Gasteiger partial charge in [-0.15, -0.1) is 11.3 Å². The Morgan fingerprint density at radius 1 is 1.33 bits per heavy atom. The molecule has 0 saturated carbocycles. The van der Waals surface area contributed by atoms with Gasteiger partial charge < -0.3 is 15.1 Å². The Labute approximate surface area is 145 Å². The summed E-state index contributed by atoms with van der Waals surface area (Å²) >= 11 is 1.47. The van der Waals surface area contributed by atoms with Gasteiger partial charge in [0.15, 0.2) is 5.69 Å². The van der Waals surface area contributed by atoms with Crippen molar-refractivity contribution in [2.75, 3.05) is 36.9 Å². The van der Waals surface area contributed by atoms with Gasteiger partial charge >= 0.3 is 0 Å². The molecule has 0 bridgehead atoms. The largest absolute Gasteiger partial charge is 0.375 e. The van der Waals surface area contributed by atoms with Crippen molar-refractivity contribution in [2.45, 2.75) is 25.8 Å². The van der Waals surface area contributed by atoms with E-state index in [1.54, 1.807) is 17.9 Å². The summed E-state index contributed by atoms with van der Waals surface area (Å²) in [6, 6.07) is 2.03. The van der Waals surface area contributed by atoms with E-state index < -0.39 is 0 Å². The van der Waals surface area contributed by atoms with Crippen LogP contribution in [0.1, 0.15) is 30.3 Å². The van der Waals surface area contributed by atoms with Gasteiger partial charge in [-0.3, -0.25) is 4.79 Å². The Balaban J connectivity index is 1.61. The van der Waals surface area contributed by atoms with Crippen LogP contribution >= 0.6 is 11.3 Å². The van der Waals surface area contributed by atoms with Crippen molar-refractivity contribution in [1.82, 2.24) is 19.9 Å². The van der Waals surface area contributed by atoms with E-state index in [0.29, 0.717) is 5.69 Å². The molecule has 0 aliphatic carbocycles. The molecular weight excluding hydrogens is 324 g/mol. The van der Waals surface area contributed by atoms with Crippen molar-refractivity contribution >= 4 is 28.2 Å². The van der Waals surface area contributed by atoms with E-state index in [9.17, 15) is 4.79 Å². The van der Waals surface area contributed by atoms with E-state index in [0.717, 1.165) is 43.4 Å². The third-order valence-corrected chi connectivity index (χ3v) is 5.06. The molecule has 7 nitrogen and oxygen atoms in total. The summed E-state index contributed by atoms with van der Waals surface area (Å²) in [5, 5.41) is 4.06. The van der Waals surface area contributed by atoms with Crippen LogP contribution < -0.4 is 10.2 Å². The minimum atomic E-state index is -0.0124. The molecule has 1 amide bonds. The average Bonchev–Trinajstić information content (AvgIpc) is 3.10. The second-order valence-corrected chi connectivity index (χ2v) is 6.60. The van der Waals surface area contributed by atoms with Gasteiger partial charge in [0.05, 0.1) is 5.51 Å². The first kappa shape index (κ1) is 16.6. The van der Waals surface area contributed by atoms with Crippen LogP contribution in [0.4, 0.5) is 10.9 Å². The second-order valence-electron chi connectivity index (χ2n) is 5.74. The highest BCUT2D eigenvalue weighted by Gasteiger charge is 2.28. The number of amides is 1. The van der Waals surface area contributed by atoms with E-state index in [4.69, 9.17) is 0 Å². The first-order valence-electron chi connectivity index (χ1n) is 8.17. The van der Waals surface area contributed by atoms with Gasteiger partial charge in [0.1, 0.15) is 5.00 Å². The number of nitrogens with one attached hydrogen (secondary N) is 1. The predicted molar refractivity (Wildman–Crippen MR) is 95.6 cm³/mol. The summed E-state index contributed by atoms with van der Waals surface area (Å²) in [7, 11) is 1.87. The Hall–Kier alpha value is -2.22. The normalized spacial score (nSPS) is 15.3. The maximum Gasteiger partial charge on any atom is 0.275 e. The van der Waals surface area contributed by atoms with Crippen molar-refractivity contribution in [1.29, 1.82) is 0 Å². The van der Waals surface area contributed by atoms with Crippen LogP contribution in [0.25, 0.3) is 0 Å². The van der Waals surface area contributed by atoms with Crippen LogP contribution in [-0.2, 0) is 0 Å². The number of carbonyl (C=O) groups is 1. The zero-order valence-corrected chi connectivity index (χ0v) is 14.8. The molecule has 0 aromatic carbocycles. The number of hydrogen-bond acceptors (Lipinski definition) is 7. The van der Waals surface area contributed by atoms with Crippen LogP contribution in [0.2, 0.25) is 0 Å². The van der Waals surface area contributed by atoms with Gasteiger partial charge in [-0.05, 0) is 25.8 Å². The fraction of sp³-hybridized carbons (Fsp3) is 0.500. The average molecular weight is 346 g/mol. The van der Waals surface area contributed by atoms with Crippen molar-refractivity contribution in [3.63, 3.8) is 0 Å². The lowest BCUT2D eigenvalue weighted by molar-refractivity contribution is 0.0705. The van der Waals surface area contributed by atoms with E-state index in [2.05, 4.69) is 25.2 Å². The first-order valence-corrected chi connectivity index (χ1v) is 9.05. The van der Waals surface area contributed by atoms with Gasteiger partial charge in [0.2, 0.25) is 5.95 Å². The smallest absolute Gasteiger partial charge is 0.275 e. The molecule has 1 fully saturated rings. The Morgan fingerprint density at radius 3 is 2.71 bits per heavy atom. The summed E-state index contributed by atoms with van der Waals surface area (Å²) in [5.41, 5.74) is 2.24. The summed E-state index contributed by atoms with van der Waals surface area (Å²) < 4.78 is 0. The molecule has 0 radical (unpaired) electrons. The number of rotatable bonds is 5. The number of anilines is 2. The quantitative estimate of drug-likeness (QED) is 0.894. The summed E-state index contributed by atoms with van der Waals surface area (Å²) in [4.78, 5) is 29.6. The minimum absolute atomic E-state index is 0.0124. The highest BCUT2D eigenvalue weighted by atomic mass is 32.1. The number of piperidine rings is 1. The van der Waals surface area contributed by atoms with Gasteiger partial charge in [0, 0.05) is 45.1 Å². The Bertz CT molecular complexity index is 668. The van der Waals surface area contributed by atoms with Gasteiger partial charge in [0.25, 0.3) is 5.91 Å². The molecule has 0 unspecified atom stereocenters. The molecule has 1 aliphatic rings. The summed E-state index contributed by atoms with van der Waals surface area (Å²) in [6.45, 7) is 4.49. The molecular formula is C16H22N6OS. The van der Waals surface area contributed by atoms with Crippen LogP contribution in [0.15, 0.2) is 24.0 Å². The van der Waals surface area contributed by atoms with Gasteiger partial charge in [-0.1, -0.05) is 0 Å². The lowest BCUT2D eigenvalue weighted by Gasteiger charge is -2.36. The molecule has 1 N–H and O–H groups in total. The Morgan fingerprint density at radius 2 is 2.04 bits per heavy atom. The summed E-state index contributed by atoms with van der Waals surface area (Å²) in [6.07, 6.45) is 5.32. The zero-order chi connectivity index (χ0) is 16.9. The topological polar surface area (TPSA) is 74.2 Å². The molecule has 3 rings (SSSR count). The molecule has 1 saturated heterocycles. The highest BCUT2D eigenvalue weighted by molar-refractivity contribution is 7.14. The third-order valence-electron chi connectivity index (χ3n) is 4.27. The maximum absolute atomic E-state index is 12.7. The van der Waals surface area contributed by atoms with Gasteiger partial charge in [-0.25, -0.2) is 15.0 Å². The molecule has 2 aromatic rings. The van der Waals surface area contributed by atoms with E-state index in [1.807, 2.05) is 24.9 Å². The molecule has 0 spiro atoms. The highest BCUT2D eigenvalue weighted by Crippen LogP contribution is 2.24. The standard InChI is InChI=1S/C16H22N6OS/c1-3-17-14-13(20-11-24-14)15(23)21(2)12-5-9-22(10-6-12)16-18-7-4-8-19-16/h4,7-8,11-12,17H,3,5-6,9-10H2,1-2H3. The number of thiazole rings is 1. The monoisotopic (exact) mass is 346 g/mol. The Kier molecular flexibility index (Phi) is 5.24. The molecule has 2 aromatic heterocycles. The molecule has 8 heteroatoms. The van der Waals surface area contributed by atoms with Crippen LogP contribution in [-0.4, -0.2) is 58.5 Å². The number of hydrogen-bond donors (Lipinski definition) is 1. The molecule has 24 heavy (non-hydrogen) atoms. The fourth-order valence-corrected chi connectivity index (χ4v) is 3.67. The van der Waals surface area contributed by atoms with Crippen LogP contribution in [0.3, 0.4) is 0 Å². The van der Waals surface area contributed by atoms with E-state index in [-0.39, 0.29) is 11.9 Å². The number of carbonyl (C=O) groups excluding carboxylic acids is 1. The second kappa shape index (κ2) is 7.57. The zero-order valence-electron chi connectivity index (χ0n) is 14.0. The minimum Gasteiger partial charge on any atom is -0.375 e. The molecule has 3 heterocycles. The van der Waals surface area contributed by atoms with Crippen molar-refractivity contribution in [3.8, 4) is 0 Å². The van der Waals surface area contributed by atoms with Crippen molar-refractivity contribution in [2.24, 2.45) is 0 Å². The maximum atomic E-state index is 12.7. The lowest BCUT2D eigenvalue weighted by atomic mass is 10.0. The van der Waals surface area contributed by atoms with Crippen molar-refractivity contribution < 1.29 is 4.79 Å². The van der Waals surface area contributed by atoms with E-state index >= 15 is 0 Å². The number of nitrogens with zero attached hydrogens (tertiary/aromatic N) is 5. The van der Waals surface area contributed by atoms with Gasteiger partial charge in [-0.2, -0.15) is 0 Å². The molecule has 1 aliphatic heterocycles. The molecule has 128 valence electrons. The van der Waals surface area contributed by atoms with Crippen LogP contribution in [0.5, 0.6) is 0 Å². The first-order chi connectivity index (χ1) is 11.7.